The number of carbonyl (C=O) groups excluding carboxylic acids is 1. The van der Waals surface area contributed by atoms with Crippen molar-refractivity contribution in [3.05, 3.63) is 93.8 Å². The van der Waals surface area contributed by atoms with Crippen molar-refractivity contribution in [3.8, 4) is 28.4 Å². The lowest BCUT2D eigenvalue weighted by Gasteiger charge is -2.14. The molecule has 0 bridgehead atoms. The van der Waals surface area contributed by atoms with Crippen LogP contribution in [0.2, 0.25) is 0 Å². The molecule has 0 fully saturated rings. The first-order valence-corrected chi connectivity index (χ1v) is 10.7. The quantitative estimate of drug-likeness (QED) is 0.327. The number of ether oxygens (including phenoxy) is 2. The minimum absolute atomic E-state index is 0.153. The first kappa shape index (κ1) is 26.4. The maximum absolute atomic E-state index is 15.1. The van der Waals surface area contributed by atoms with E-state index in [2.05, 4.69) is 10.1 Å². The highest BCUT2D eigenvalue weighted by atomic mass is 19.3. The minimum Gasteiger partial charge on any atom is -0.497 e. The summed E-state index contributed by atoms with van der Waals surface area (Å²) in [6.45, 7) is -3.10. The van der Waals surface area contributed by atoms with Gasteiger partial charge in [-0.2, -0.15) is 8.78 Å². The fourth-order valence-corrected chi connectivity index (χ4v) is 3.82. The third-order valence-electron chi connectivity index (χ3n) is 5.48. The zero-order valence-electron chi connectivity index (χ0n) is 19.6. The van der Waals surface area contributed by atoms with Crippen LogP contribution in [0.4, 0.5) is 32.0 Å². The molecule has 0 radical (unpaired) electrons. The van der Waals surface area contributed by atoms with Gasteiger partial charge in [0, 0.05) is 24.7 Å². The zero-order valence-corrected chi connectivity index (χ0v) is 19.6. The van der Waals surface area contributed by atoms with Crippen LogP contribution in [0.25, 0.3) is 16.9 Å². The normalized spacial score (nSPS) is 11.1. The monoisotopic (exact) mass is 537 g/mol. The van der Waals surface area contributed by atoms with Crippen molar-refractivity contribution in [1.29, 1.82) is 0 Å². The molecule has 1 aromatic heterocycles. The second-order valence-corrected chi connectivity index (χ2v) is 7.76. The van der Waals surface area contributed by atoms with Crippen LogP contribution in [0.5, 0.6) is 11.5 Å². The Morgan fingerprint density at radius 3 is 2.00 bits per heavy atom. The molecule has 7 nitrogen and oxygen atoms in total. The molecule has 0 atom stereocenters. The van der Waals surface area contributed by atoms with Crippen LogP contribution in [0.3, 0.4) is 0 Å². The summed E-state index contributed by atoms with van der Waals surface area (Å²) in [4.78, 5) is 26.3. The van der Waals surface area contributed by atoms with E-state index in [1.165, 1.54) is 7.11 Å². The molecule has 0 saturated carbocycles. The molecule has 0 aliphatic carbocycles. The molecule has 38 heavy (non-hydrogen) atoms. The van der Waals surface area contributed by atoms with E-state index in [1.807, 2.05) is 0 Å². The Balaban J connectivity index is 1.91. The lowest BCUT2D eigenvalue weighted by Crippen LogP contribution is -2.24. The lowest BCUT2D eigenvalue weighted by atomic mass is 10.1. The first-order valence-electron chi connectivity index (χ1n) is 10.7. The van der Waals surface area contributed by atoms with E-state index in [0.717, 1.165) is 66.3 Å². The summed E-state index contributed by atoms with van der Waals surface area (Å²) in [5, 5.41) is 2.22. The molecule has 4 aromatic rings. The van der Waals surface area contributed by atoms with E-state index < -0.39 is 64.0 Å². The van der Waals surface area contributed by atoms with Crippen LogP contribution in [-0.2, 0) is 7.05 Å². The average molecular weight is 537 g/mol. The zero-order chi connectivity index (χ0) is 27.7. The third-order valence-corrected chi connectivity index (χ3v) is 5.48. The summed E-state index contributed by atoms with van der Waals surface area (Å²) in [6.07, 6.45) is 0. The summed E-state index contributed by atoms with van der Waals surface area (Å²) < 4.78 is 94.5. The maximum atomic E-state index is 15.1. The number of hydrogen-bond acceptors (Lipinski definition) is 4. The van der Waals surface area contributed by atoms with Gasteiger partial charge in [-0.1, -0.05) is 6.07 Å². The van der Waals surface area contributed by atoms with Gasteiger partial charge in [-0.05, 0) is 36.4 Å². The SMILES string of the molecule is COc1cc(F)c(-c2c(NC(=O)c3ccc(OC(F)F)cc3)c(=O)n(-c3c(F)cccc3F)n2C)c(F)c1. The Hall–Kier alpha value is -4.68. The van der Waals surface area contributed by atoms with Gasteiger partial charge in [-0.3, -0.25) is 14.3 Å². The summed E-state index contributed by atoms with van der Waals surface area (Å²) in [5.41, 5.74) is -4.29. The van der Waals surface area contributed by atoms with E-state index in [4.69, 9.17) is 4.74 Å². The predicted molar refractivity (Wildman–Crippen MR) is 124 cm³/mol. The Morgan fingerprint density at radius 2 is 1.47 bits per heavy atom. The van der Waals surface area contributed by atoms with Crippen LogP contribution in [0, 0.1) is 23.3 Å². The van der Waals surface area contributed by atoms with E-state index in [1.54, 1.807) is 0 Å². The van der Waals surface area contributed by atoms with Gasteiger partial charge in [0.05, 0.1) is 12.7 Å². The number of nitrogens with zero attached hydrogens (tertiary/aromatic N) is 2. The molecule has 3 aromatic carbocycles. The van der Waals surface area contributed by atoms with Crippen molar-refractivity contribution < 1.29 is 40.6 Å². The number of rotatable bonds is 7. The van der Waals surface area contributed by atoms with E-state index in [-0.39, 0.29) is 17.1 Å². The molecule has 0 aliphatic rings. The summed E-state index contributed by atoms with van der Waals surface area (Å²) >= 11 is 0. The van der Waals surface area contributed by atoms with Crippen LogP contribution in [-0.4, -0.2) is 29.0 Å². The molecule has 0 unspecified atom stereocenters. The van der Waals surface area contributed by atoms with Gasteiger partial charge < -0.3 is 14.8 Å². The van der Waals surface area contributed by atoms with Crippen LogP contribution < -0.4 is 20.3 Å². The number of carbonyl (C=O) groups is 1. The van der Waals surface area contributed by atoms with E-state index in [0.29, 0.717) is 4.68 Å². The van der Waals surface area contributed by atoms with Gasteiger partial charge in [-0.15, -0.1) is 0 Å². The van der Waals surface area contributed by atoms with Crippen molar-refractivity contribution >= 4 is 11.6 Å². The predicted octanol–water partition coefficient (Wildman–Crippen LogP) is 5.26. The molecule has 1 amide bonds. The minimum atomic E-state index is -3.10. The molecule has 1 heterocycles. The first-order chi connectivity index (χ1) is 18.0. The highest BCUT2D eigenvalue weighted by Crippen LogP contribution is 2.34. The maximum Gasteiger partial charge on any atom is 0.387 e. The second-order valence-electron chi connectivity index (χ2n) is 7.76. The van der Waals surface area contributed by atoms with Gasteiger partial charge >= 0.3 is 6.61 Å². The molecule has 1 N–H and O–H groups in total. The summed E-state index contributed by atoms with van der Waals surface area (Å²) in [5.74, 6) is -6.17. The number of methoxy groups -OCH3 is 1. The Morgan fingerprint density at radius 1 is 0.895 bits per heavy atom. The van der Waals surface area contributed by atoms with Crippen LogP contribution in [0.1, 0.15) is 10.4 Å². The molecule has 0 saturated heterocycles. The van der Waals surface area contributed by atoms with E-state index in [9.17, 15) is 27.2 Å². The van der Waals surface area contributed by atoms with Crippen molar-refractivity contribution in [3.63, 3.8) is 0 Å². The fourth-order valence-electron chi connectivity index (χ4n) is 3.82. The number of halogens is 6. The number of nitrogens with one attached hydrogen (secondary N) is 1. The van der Waals surface area contributed by atoms with Gasteiger partial charge in [0.2, 0.25) is 0 Å². The molecule has 0 aliphatic heterocycles. The number of benzene rings is 3. The number of amides is 1. The topological polar surface area (TPSA) is 74.5 Å². The second kappa shape index (κ2) is 10.4. The molecule has 198 valence electrons. The van der Waals surface area contributed by atoms with Gasteiger partial charge in [0.1, 0.15) is 40.2 Å². The molecular weight excluding hydrogens is 520 g/mol. The van der Waals surface area contributed by atoms with E-state index >= 15 is 8.78 Å². The van der Waals surface area contributed by atoms with Crippen LogP contribution in [0.15, 0.2) is 59.4 Å². The Kier molecular flexibility index (Phi) is 7.19. The number of para-hydroxylation sites is 1. The highest BCUT2D eigenvalue weighted by Gasteiger charge is 2.29. The molecule has 0 spiro atoms. The Labute approximate surface area is 210 Å². The number of aromatic nitrogens is 2. The lowest BCUT2D eigenvalue weighted by molar-refractivity contribution is -0.0498. The summed E-state index contributed by atoms with van der Waals surface area (Å²) in [6, 6.07) is 8.73. The van der Waals surface area contributed by atoms with Crippen molar-refractivity contribution in [1.82, 2.24) is 9.36 Å². The largest absolute Gasteiger partial charge is 0.497 e. The number of alkyl halides is 2. The summed E-state index contributed by atoms with van der Waals surface area (Å²) in [7, 11) is 2.28. The average Bonchev–Trinajstić information content (AvgIpc) is 3.08. The molecular formula is C25H17F6N3O4. The Bertz CT molecular complexity index is 1540. The van der Waals surface area contributed by atoms with Gasteiger partial charge in [0.15, 0.2) is 11.6 Å². The number of anilines is 1. The van der Waals surface area contributed by atoms with Crippen molar-refractivity contribution in [2.45, 2.75) is 6.61 Å². The van der Waals surface area contributed by atoms with Crippen LogP contribution >= 0.6 is 0 Å². The smallest absolute Gasteiger partial charge is 0.387 e. The third kappa shape index (κ3) is 4.82. The molecule has 13 heteroatoms. The number of hydrogen-bond donors (Lipinski definition) is 1. The van der Waals surface area contributed by atoms with Crippen molar-refractivity contribution in [2.75, 3.05) is 12.4 Å². The van der Waals surface area contributed by atoms with Gasteiger partial charge in [0.25, 0.3) is 11.5 Å². The fraction of sp³-hybridized carbons (Fsp3) is 0.120. The molecule has 4 rings (SSSR count). The van der Waals surface area contributed by atoms with Gasteiger partial charge in [-0.25, -0.2) is 22.2 Å². The standard InChI is InChI=1S/C25H17F6N3O4/c1-33-22(19-17(28)10-14(37-2)11-18(19)29)20(24(36)34(33)21-15(26)4-3-5-16(21)27)32-23(35)12-6-8-13(9-7-12)38-25(30)31/h3-11,25H,1-2H3,(H,32,35). The highest BCUT2D eigenvalue weighted by molar-refractivity contribution is 6.06. The van der Waals surface area contributed by atoms with Crippen molar-refractivity contribution in [2.24, 2.45) is 7.05 Å².